The van der Waals surface area contributed by atoms with Crippen molar-refractivity contribution >= 4 is 0 Å². The Morgan fingerprint density at radius 2 is 2.07 bits per heavy atom. The zero-order chi connectivity index (χ0) is 11.7. The molecule has 5 heteroatoms. The van der Waals surface area contributed by atoms with Crippen LogP contribution in [0.3, 0.4) is 0 Å². The second kappa shape index (κ2) is 8.76. The van der Waals surface area contributed by atoms with Crippen LogP contribution in [0.4, 0.5) is 0 Å². The summed E-state index contributed by atoms with van der Waals surface area (Å²) in [5, 5.41) is 3.00. The predicted molar refractivity (Wildman–Crippen MR) is 59.4 cm³/mol. The van der Waals surface area contributed by atoms with Crippen LogP contribution in [0.1, 0.15) is 20.3 Å². The topological polar surface area (TPSA) is 73.9 Å². The van der Waals surface area contributed by atoms with Gasteiger partial charge in [-0.3, -0.25) is 0 Å². The molecular weight excluding hydrogens is 196 g/mol. The molecule has 2 atom stereocenters. The van der Waals surface area contributed by atoms with Gasteiger partial charge in [0, 0.05) is 13.7 Å². The van der Waals surface area contributed by atoms with Gasteiger partial charge in [0.2, 0.25) is 0 Å². The third kappa shape index (κ3) is 6.54. The summed E-state index contributed by atoms with van der Waals surface area (Å²) in [6, 6.07) is -0.302. The summed E-state index contributed by atoms with van der Waals surface area (Å²) < 4.78 is 10.1. The smallest absolute Gasteiger partial charge is 0.146 e. The SMILES string of the molecule is COCOCC(CC(CN)N=O)C(C)C. The Morgan fingerprint density at radius 3 is 2.47 bits per heavy atom. The van der Waals surface area contributed by atoms with Crippen LogP contribution in [0.25, 0.3) is 0 Å². The van der Waals surface area contributed by atoms with Gasteiger partial charge in [0.05, 0.1) is 6.61 Å². The van der Waals surface area contributed by atoms with Gasteiger partial charge in [-0.1, -0.05) is 19.0 Å². The summed E-state index contributed by atoms with van der Waals surface area (Å²) in [5.74, 6) is 0.740. The lowest BCUT2D eigenvalue weighted by Gasteiger charge is -2.22. The second-order valence-corrected chi connectivity index (χ2v) is 4.01. The Morgan fingerprint density at radius 1 is 1.40 bits per heavy atom. The van der Waals surface area contributed by atoms with Crippen LogP contribution >= 0.6 is 0 Å². The maximum Gasteiger partial charge on any atom is 0.146 e. The molecule has 0 heterocycles. The van der Waals surface area contributed by atoms with Crippen molar-refractivity contribution in [1.82, 2.24) is 0 Å². The molecule has 0 aliphatic carbocycles. The Labute approximate surface area is 91.3 Å². The van der Waals surface area contributed by atoms with E-state index in [1.165, 1.54) is 0 Å². The second-order valence-electron chi connectivity index (χ2n) is 4.01. The summed E-state index contributed by atoms with van der Waals surface area (Å²) in [7, 11) is 1.58. The fourth-order valence-electron chi connectivity index (χ4n) is 1.35. The van der Waals surface area contributed by atoms with Gasteiger partial charge in [-0.2, -0.15) is 4.91 Å². The number of methoxy groups -OCH3 is 1. The van der Waals surface area contributed by atoms with E-state index < -0.39 is 0 Å². The molecule has 0 fully saturated rings. The number of rotatable bonds is 9. The molecule has 2 unspecified atom stereocenters. The van der Waals surface area contributed by atoms with Crippen LogP contribution in [0.15, 0.2) is 5.18 Å². The van der Waals surface area contributed by atoms with Crippen molar-refractivity contribution in [1.29, 1.82) is 0 Å². The highest BCUT2D eigenvalue weighted by Crippen LogP contribution is 2.18. The van der Waals surface area contributed by atoms with Gasteiger partial charge < -0.3 is 15.2 Å². The number of hydrogen-bond acceptors (Lipinski definition) is 5. The molecule has 5 nitrogen and oxygen atoms in total. The zero-order valence-electron chi connectivity index (χ0n) is 9.81. The Bertz CT molecular complexity index is 165. The number of nitrogens with two attached hydrogens (primary N) is 1. The number of nitroso groups, excluding NO2 is 1. The average molecular weight is 218 g/mol. The maximum atomic E-state index is 10.4. The third-order valence-electron chi connectivity index (χ3n) is 2.47. The van der Waals surface area contributed by atoms with Crippen LogP contribution in [-0.4, -0.2) is 33.1 Å². The van der Waals surface area contributed by atoms with Gasteiger partial charge in [-0.25, -0.2) is 0 Å². The lowest BCUT2D eigenvalue weighted by Crippen LogP contribution is -2.26. The summed E-state index contributed by atoms with van der Waals surface area (Å²) in [6.45, 7) is 5.36. The highest BCUT2D eigenvalue weighted by atomic mass is 16.7. The van der Waals surface area contributed by atoms with Crippen molar-refractivity contribution in [3.8, 4) is 0 Å². The molecule has 0 rings (SSSR count). The molecule has 0 aliphatic heterocycles. The standard InChI is InChI=1S/C10H22N2O3/c1-8(2)9(6-15-7-14-3)4-10(5-11)12-13/h8-10H,4-7,11H2,1-3H3. The molecule has 0 aromatic rings. The molecule has 0 saturated carbocycles. The van der Waals surface area contributed by atoms with Crippen molar-refractivity contribution in [2.24, 2.45) is 22.7 Å². The van der Waals surface area contributed by atoms with E-state index in [9.17, 15) is 4.91 Å². The quantitative estimate of drug-likeness (QED) is 0.360. The van der Waals surface area contributed by atoms with Crippen molar-refractivity contribution in [2.45, 2.75) is 26.3 Å². The molecule has 0 aromatic carbocycles. The number of nitrogens with zero attached hydrogens (tertiary/aromatic N) is 1. The molecule has 90 valence electrons. The molecule has 0 aliphatic rings. The van der Waals surface area contributed by atoms with Crippen LogP contribution in [-0.2, 0) is 9.47 Å². The first kappa shape index (κ1) is 14.5. The van der Waals surface area contributed by atoms with Crippen LogP contribution in [0, 0.1) is 16.7 Å². The molecule has 0 spiro atoms. The van der Waals surface area contributed by atoms with Gasteiger partial charge in [0.15, 0.2) is 0 Å². The van der Waals surface area contributed by atoms with Crippen LogP contribution in [0.5, 0.6) is 0 Å². The van der Waals surface area contributed by atoms with E-state index in [0.29, 0.717) is 31.4 Å². The highest BCUT2D eigenvalue weighted by Gasteiger charge is 2.19. The average Bonchev–Trinajstić information content (AvgIpc) is 2.23. The van der Waals surface area contributed by atoms with Crippen molar-refractivity contribution < 1.29 is 9.47 Å². The first-order valence-corrected chi connectivity index (χ1v) is 5.24. The molecule has 0 saturated heterocycles. The highest BCUT2D eigenvalue weighted by molar-refractivity contribution is 4.73. The fourth-order valence-corrected chi connectivity index (χ4v) is 1.35. The van der Waals surface area contributed by atoms with Gasteiger partial charge in [-0.15, -0.1) is 0 Å². The van der Waals surface area contributed by atoms with Crippen molar-refractivity contribution in [3.05, 3.63) is 4.91 Å². The number of hydrogen-bond donors (Lipinski definition) is 1. The molecular formula is C10H22N2O3. The molecule has 0 radical (unpaired) electrons. The Hall–Kier alpha value is -0.520. The van der Waals surface area contributed by atoms with Gasteiger partial charge in [-0.05, 0) is 18.3 Å². The molecule has 2 N–H and O–H groups in total. The number of ether oxygens (including phenoxy) is 2. The fraction of sp³-hybridized carbons (Fsp3) is 1.00. The van der Waals surface area contributed by atoms with Gasteiger partial charge >= 0.3 is 0 Å². The maximum absolute atomic E-state index is 10.4. The van der Waals surface area contributed by atoms with Crippen LogP contribution in [0.2, 0.25) is 0 Å². The van der Waals surface area contributed by atoms with E-state index in [2.05, 4.69) is 19.0 Å². The van der Waals surface area contributed by atoms with E-state index >= 15 is 0 Å². The van der Waals surface area contributed by atoms with Crippen molar-refractivity contribution in [3.63, 3.8) is 0 Å². The van der Waals surface area contributed by atoms with Gasteiger partial charge in [0.25, 0.3) is 0 Å². The monoisotopic (exact) mass is 218 g/mol. The third-order valence-corrected chi connectivity index (χ3v) is 2.47. The largest absolute Gasteiger partial charge is 0.359 e. The zero-order valence-corrected chi connectivity index (χ0v) is 9.81. The van der Waals surface area contributed by atoms with Crippen LogP contribution < -0.4 is 5.73 Å². The minimum Gasteiger partial charge on any atom is -0.359 e. The first-order valence-electron chi connectivity index (χ1n) is 5.24. The summed E-state index contributed by atoms with van der Waals surface area (Å²) in [4.78, 5) is 10.4. The van der Waals surface area contributed by atoms with E-state index in [-0.39, 0.29) is 12.8 Å². The minimum atomic E-state index is -0.302. The summed E-state index contributed by atoms with van der Waals surface area (Å²) in [6.07, 6.45) is 0.682. The Kier molecular flexibility index (Phi) is 8.46. The molecule has 0 aromatic heterocycles. The lowest BCUT2D eigenvalue weighted by atomic mass is 9.90. The molecule has 0 amide bonds. The van der Waals surface area contributed by atoms with E-state index in [1.54, 1.807) is 7.11 Å². The van der Waals surface area contributed by atoms with Crippen molar-refractivity contribution in [2.75, 3.05) is 27.1 Å². The predicted octanol–water partition coefficient (Wildman–Crippen LogP) is 1.36. The summed E-state index contributed by atoms with van der Waals surface area (Å²) >= 11 is 0. The molecule has 15 heavy (non-hydrogen) atoms. The van der Waals surface area contributed by atoms with E-state index in [1.807, 2.05) is 0 Å². The van der Waals surface area contributed by atoms with Gasteiger partial charge in [0.1, 0.15) is 12.8 Å². The lowest BCUT2D eigenvalue weighted by molar-refractivity contribution is -0.0500. The molecule has 0 bridgehead atoms. The van der Waals surface area contributed by atoms with E-state index in [4.69, 9.17) is 15.2 Å². The van der Waals surface area contributed by atoms with E-state index in [0.717, 1.165) is 0 Å². The summed E-state index contributed by atoms with van der Waals surface area (Å²) in [5.41, 5.74) is 5.43. The Balaban J connectivity index is 3.97. The first-order chi connectivity index (χ1) is 7.15. The minimum absolute atomic E-state index is 0.283. The normalized spacial score (nSPS) is 15.3.